The van der Waals surface area contributed by atoms with Crippen molar-refractivity contribution in [2.45, 2.75) is 13.3 Å². The Morgan fingerprint density at radius 1 is 1.69 bits per heavy atom. The molecule has 72 valence electrons. The molecule has 0 spiro atoms. The molecule has 0 bridgehead atoms. The normalized spacial score (nSPS) is 12.5. The molecule has 1 unspecified atom stereocenters. The fourth-order valence-electron chi connectivity index (χ4n) is 0.834. The van der Waals surface area contributed by atoms with Gasteiger partial charge in [-0.05, 0) is 18.6 Å². The van der Waals surface area contributed by atoms with Crippen molar-refractivity contribution < 1.29 is 4.21 Å². The third kappa shape index (κ3) is 3.74. The van der Waals surface area contributed by atoms with Crippen molar-refractivity contribution in [2.24, 2.45) is 0 Å². The van der Waals surface area contributed by atoms with E-state index in [1.54, 1.807) is 18.3 Å². The second-order valence-electron chi connectivity index (χ2n) is 2.52. The van der Waals surface area contributed by atoms with Gasteiger partial charge in [-0.1, -0.05) is 18.5 Å². The molecule has 3 nitrogen and oxygen atoms in total. The molecule has 1 heterocycles. The maximum atomic E-state index is 11.3. The number of hydrogen-bond donors (Lipinski definition) is 1. The Bertz CT molecular complexity index is 306. The van der Waals surface area contributed by atoms with Crippen LogP contribution in [-0.4, -0.2) is 14.9 Å². The molecule has 0 aromatic carbocycles. The predicted molar refractivity (Wildman–Crippen MR) is 56.2 cm³/mol. The largest absolute Gasteiger partial charge is 0.305 e. The lowest BCUT2D eigenvalue weighted by Gasteiger charge is -2.04. The van der Waals surface area contributed by atoms with Crippen LogP contribution >= 0.6 is 11.6 Å². The minimum atomic E-state index is -1.02. The van der Waals surface area contributed by atoms with Gasteiger partial charge in [-0.15, -0.1) is 0 Å². The molecule has 0 aliphatic heterocycles. The van der Waals surface area contributed by atoms with Crippen molar-refractivity contribution >= 4 is 28.3 Å². The van der Waals surface area contributed by atoms with E-state index < -0.39 is 11.0 Å². The highest BCUT2D eigenvalue weighted by Crippen LogP contribution is 2.12. The topological polar surface area (TPSA) is 42.0 Å². The molecule has 13 heavy (non-hydrogen) atoms. The molecule has 0 aliphatic rings. The van der Waals surface area contributed by atoms with E-state index in [9.17, 15) is 4.21 Å². The van der Waals surface area contributed by atoms with Crippen LogP contribution in [0, 0.1) is 0 Å². The van der Waals surface area contributed by atoms with Gasteiger partial charge in [0.25, 0.3) is 0 Å². The Labute approximate surface area is 85.1 Å². The second-order valence-corrected chi connectivity index (χ2v) is 4.21. The highest BCUT2D eigenvalue weighted by atomic mass is 35.5. The number of nitrogens with zero attached hydrogens (tertiary/aromatic N) is 1. The molecule has 1 rings (SSSR count). The van der Waals surface area contributed by atoms with Gasteiger partial charge in [0.05, 0.1) is 5.69 Å². The van der Waals surface area contributed by atoms with Gasteiger partial charge >= 0.3 is 0 Å². The van der Waals surface area contributed by atoms with Crippen molar-refractivity contribution in [3.05, 3.63) is 23.5 Å². The lowest BCUT2D eigenvalue weighted by atomic mass is 10.4. The first kappa shape index (κ1) is 10.5. The first-order valence-electron chi connectivity index (χ1n) is 3.99. The smallest absolute Gasteiger partial charge is 0.131 e. The summed E-state index contributed by atoms with van der Waals surface area (Å²) >= 11 is 5.66. The fraction of sp³-hybridized carbons (Fsp3) is 0.375. The van der Waals surface area contributed by atoms with E-state index in [0.717, 1.165) is 12.1 Å². The summed E-state index contributed by atoms with van der Waals surface area (Å²) < 4.78 is 14.1. The highest BCUT2D eigenvalue weighted by Gasteiger charge is 1.98. The molecule has 1 aromatic heterocycles. The van der Waals surface area contributed by atoms with Crippen LogP contribution in [0.25, 0.3) is 0 Å². The van der Waals surface area contributed by atoms with Gasteiger partial charge in [0, 0.05) is 11.9 Å². The van der Waals surface area contributed by atoms with Gasteiger partial charge in [0.1, 0.15) is 16.1 Å². The summed E-state index contributed by atoms with van der Waals surface area (Å²) in [7, 11) is -1.02. The van der Waals surface area contributed by atoms with Crippen LogP contribution in [-0.2, 0) is 11.0 Å². The van der Waals surface area contributed by atoms with Crippen molar-refractivity contribution in [1.82, 2.24) is 4.98 Å². The molecule has 0 aliphatic carbocycles. The first-order valence-corrected chi connectivity index (χ1v) is 5.68. The summed E-state index contributed by atoms with van der Waals surface area (Å²) in [4.78, 5) is 3.82. The lowest BCUT2D eigenvalue weighted by Crippen LogP contribution is -2.07. The summed E-state index contributed by atoms with van der Waals surface area (Å²) in [6.07, 6.45) is 2.46. The second kappa shape index (κ2) is 5.19. The van der Waals surface area contributed by atoms with Gasteiger partial charge in [-0.25, -0.2) is 9.19 Å². The third-order valence-corrected chi connectivity index (χ3v) is 2.80. The summed E-state index contributed by atoms with van der Waals surface area (Å²) in [5.74, 6) is 0.639. The van der Waals surface area contributed by atoms with E-state index in [4.69, 9.17) is 11.6 Å². The van der Waals surface area contributed by atoms with Crippen molar-refractivity contribution in [2.75, 3.05) is 10.5 Å². The van der Waals surface area contributed by atoms with E-state index >= 15 is 0 Å². The molecule has 1 N–H and O–H groups in total. The van der Waals surface area contributed by atoms with E-state index in [2.05, 4.69) is 9.71 Å². The summed E-state index contributed by atoms with van der Waals surface area (Å²) in [6.45, 7) is 1.99. The molecule has 0 saturated carbocycles. The molecule has 0 radical (unpaired) electrons. The Hall–Kier alpha value is -0.610. The van der Waals surface area contributed by atoms with Crippen molar-refractivity contribution in [3.63, 3.8) is 0 Å². The Morgan fingerprint density at radius 2 is 2.46 bits per heavy atom. The molecule has 1 atom stereocenters. The number of anilines is 1. The zero-order valence-electron chi connectivity index (χ0n) is 7.29. The van der Waals surface area contributed by atoms with E-state index in [1.807, 2.05) is 6.92 Å². The number of hydrogen-bond acceptors (Lipinski definition) is 2. The predicted octanol–water partition coefficient (Wildman–Crippen LogP) is 2.22. The number of nitrogens with one attached hydrogen (secondary N) is 1. The van der Waals surface area contributed by atoms with E-state index in [1.165, 1.54) is 0 Å². The van der Waals surface area contributed by atoms with Crippen LogP contribution in [0.2, 0.25) is 5.15 Å². The van der Waals surface area contributed by atoms with E-state index in [0.29, 0.717) is 10.9 Å². The SMILES string of the molecule is CCCS(=O)Nc1ccnc(Cl)c1. The minimum Gasteiger partial charge on any atom is -0.305 e. The third-order valence-electron chi connectivity index (χ3n) is 1.35. The van der Waals surface area contributed by atoms with Crippen LogP contribution in [0.15, 0.2) is 18.3 Å². The maximum absolute atomic E-state index is 11.3. The quantitative estimate of drug-likeness (QED) is 0.788. The maximum Gasteiger partial charge on any atom is 0.131 e. The van der Waals surface area contributed by atoms with Crippen LogP contribution in [0.1, 0.15) is 13.3 Å². The van der Waals surface area contributed by atoms with Gasteiger partial charge in [0.2, 0.25) is 0 Å². The average Bonchev–Trinajstić information content (AvgIpc) is 2.04. The summed E-state index contributed by atoms with van der Waals surface area (Å²) in [6, 6.07) is 3.38. The summed E-state index contributed by atoms with van der Waals surface area (Å²) in [5.41, 5.74) is 0.742. The van der Waals surface area contributed by atoms with Gasteiger partial charge in [-0.3, -0.25) is 0 Å². The van der Waals surface area contributed by atoms with Crippen LogP contribution in [0.5, 0.6) is 0 Å². The summed E-state index contributed by atoms with van der Waals surface area (Å²) in [5, 5.41) is 0.401. The van der Waals surface area contributed by atoms with Gasteiger partial charge in [-0.2, -0.15) is 0 Å². The van der Waals surface area contributed by atoms with Crippen molar-refractivity contribution in [1.29, 1.82) is 0 Å². The molecule has 1 aromatic rings. The number of halogens is 1. The zero-order chi connectivity index (χ0) is 9.68. The number of pyridine rings is 1. The minimum absolute atomic E-state index is 0.401. The van der Waals surface area contributed by atoms with Crippen LogP contribution in [0.3, 0.4) is 0 Å². The molecular formula is C8H11ClN2OS. The van der Waals surface area contributed by atoms with Crippen molar-refractivity contribution in [3.8, 4) is 0 Å². The first-order chi connectivity index (χ1) is 6.22. The molecular weight excluding hydrogens is 208 g/mol. The monoisotopic (exact) mass is 218 g/mol. The van der Waals surface area contributed by atoms with E-state index in [-0.39, 0.29) is 0 Å². The fourth-order valence-corrected chi connectivity index (χ4v) is 1.87. The molecule has 0 fully saturated rings. The molecule has 0 saturated heterocycles. The number of aromatic nitrogens is 1. The zero-order valence-corrected chi connectivity index (χ0v) is 8.86. The van der Waals surface area contributed by atoms with Gasteiger partial charge in [0.15, 0.2) is 0 Å². The average molecular weight is 219 g/mol. The van der Waals surface area contributed by atoms with Crippen LogP contribution in [0.4, 0.5) is 5.69 Å². The van der Waals surface area contributed by atoms with Crippen LogP contribution < -0.4 is 4.72 Å². The molecule has 5 heteroatoms. The Kier molecular flexibility index (Phi) is 4.18. The lowest BCUT2D eigenvalue weighted by molar-refractivity contribution is 0.685. The Balaban J connectivity index is 2.58. The number of rotatable bonds is 4. The molecule has 0 amide bonds. The van der Waals surface area contributed by atoms with Gasteiger partial charge < -0.3 is 4.72 Å². The highest BCUT2D eigenvalue weighted by molar-refractivity contribution is 7.86. The standard InChI is InChI=1S/C8H11ClN2OS/c1-2-5-13(12)11-7-3-4-10-8(9)6-7/h3-4,6H,2,5H2,1H3,(H,10,11). The Morgan fingerprint density at radius 3 is 3.08 bits per heavy atom.